The molecule has 1 aromatic rings. The summed E-state index contributed by atoms with van der Waals surface area (Å²) < 4.78 is 4.99. The zero-order valence-electron chi connectivity index (χ0n) is 11.1. The summed E-state index contributed by atoms with van der Waals surface area (Å²) in [5, 5.41) is 4.16. The molecule has 0 heterocycles. The molecular formula is C14H21ClN2O. The van der Waals surface area contributed by atoms with Crippen LogP contribution in [-0.2, 0) is 11.3 Å². The van der Waals surface area contributed by atoms with Gasteiger partial charge in [-0.2, -0.15) is 0 Å². The molecule has 0 bridgehead atoms. The molecule has 3 nitrogen and oxygen atoms in total. The second-order valence-corrected chi connectivity index (χ2v) is 5.20. The lowest BCUT2D eigenvalue weighted by Crippen LogP contribution is -2.20. The Labute approximate surface area is 114 Å². The number of anilines is 1. The summed E-state index contributed by atoms with van der Waals surface area (Å²) in [6, 6.07) is 7.00. The molecule has 2 rings (SSSR count). The van der Waals surface area contributed by atoms with Crippen molar-refractivity contribution in [3.63, 3.8) is 0 Å². The standard InChI is InChI=1S/C14H21ClN2O/c1-17(12-4-5-12)14-6-3-11(9-13(14)15)10-16-7-8-18-2/h3,6,9,12,16H,4-5,7-8,10H2,1-2H3. The van der Waals surface area contributed by atoms with Gasteiger partial charge in [0.25, 0.3) is 0 Å². The molecule has 0 aromatic heterocycles. The van der Waals surface area contributed by atoms with Crippen LogP contribution in [0.4, 0.5) is 5.69 Å². The molecule has 100 valence electrons. The van der Waals surface area contributed by atoms with Gasteiger partial charge in [-0.1, -0.05) is 17.7 Å². The molecular weight excluding hydrogens is 248 g/mol. The second-order valence-electron chi connectivity index (χ2n) is 4.80. The van der Waals surface area contributed by atoms with Crippen molar-refractivity contribution in [3.8, 4) is 0 Å². The van der Waals surface area contributed by atoms with Gasteiger partial charge in [-0.3, -0.25) is 0 Å². The van der Waals surface area contributed by atoms with Crippen molar-refractivity contribution in [3.05, 3.63) is 28.8 Å². The first kappa shape index (κ1) is 13.7. The SMILES string of the molecule is COCCNCc1ccc(N(C)C2CC2)c(Cl)c1. The van der Waals surface area contributed by atoms with Gasteiger partial charge in [-0.05, 0) is 30.5 Å². The van der Waals surface area contributed by atoms with Gasteiger partial charge in [-0.15, -0.1) is 0 Å². The molecule has 4 heteroatoms. The Morgan fingerprint density at radius 3 is 2.83 bits per heavy atom. The third kappa shape index (κ3) is 3.61. The smallest absolute Gasteiger partial charge is 0.0642 e. The maximum atomic E-state index is 6.34. The number of methoxy groups -OCH3 is 1. The van der Waals surface area contributed by atoms with Crippen LogP contribution < -0.4 is 10.2 Å². The molecule has 1 fully saturated rings. The third-order valence-electron chi connectivity index (χ3n) is 3.30. The highest BCUT2D eigenvalue weighted by molar-refractivity contribution is 6.33. The van der Waals surface area contributed by atoms with E-state index in [1.165, 1.54) is 18.4 Å². The van der Waals surface area contributed by atoms with Crippen molar-refractivity contribution in [2.45, 2.75) is 25.4 Å². The summed E-state index contributed by atoms with van der Waals surface area (Å²) in [6.45, 7) is 2.42. The van der Waals surface area contributed by atoms with Crippen molar-refractivity contribution in [1.82, 2.24) is 5.32 Å². The predicted molar refractivity (Wildman–Crippen MR) is 76.5 cm³/mol. The van der Waals surface area contributed by atoms with E-state index >= 15 is 0 Å². The van der Waals surface area contributed by atoms with Gasteiger partial charge in [0.15, 0.2) is 0 Å². The van der Waals surface area contributed by atoms with Crippen molar-refractivity contribution in [1.29, 1.82) is 0 Å². The lowest BCUT2D eigenvalue weighted by Gasteiger charge is -2.20. The number of rotatable bonds is 7. The fourth-order valence-corrected chi connectivity index (χ4v) is 2.35. The molecule has 0 amide bonds. The van der Waals surface area contributed by atoms with Crippen LogP contribution in [0.25, 0.3) is 0 Å². The van der Waals surface area contributed by atoms with Crippen LogP contribution >= 0.6 is 11.6 Å². The summed E-state index contributed by atoms with van der Waals surface area (Å²) in [4.78, 5) is 2.28. The van der Waals surface area contributed by atoms with E-state index in [1.54, 1.807) is 7.11 Å². The van der Waals surface area contributed by atoms with E-state index in [9.17, 15) is 0 Å². The van der Waals surface area contributed by atoms with Crippen LogP contribution in [0.2, 0.25) is 5.02 Å². The molecule has 1 aliphatic rings. The summed E-state index contributed by atoms with van der Waals surface area (Å²) in [5.41, 5.74) is 2.35. The summed E-state index contributed by atoms with van der Waals surface area (Å²) in [6.07, 6.45) is 2.57. The Balaban J connectivity index is 1.92. The van der Waals surface area contributed by atoms with E-state index in [0.29, 0.717) is 6.04 Å². The van der Waals surface area contributed by atoms with E-state index in [-0.39, 0.29) is 0 Å². The fourth-order valence-electron chi connectivity index (χ4n) is 2.01. The minimum absolute atomic E-state index is 0.688. The molecule has 1 saturated carbocycles. The average Bonchev–Trinajstić information content (AvgIpc) is 3.18. The first-order valence-electron chi connectivity index (χ1n) is 6.43. The van der Waals surface area contributed by atoms with Crippen LogP contribution in [0, 0.1) is 0 Å². The van der Waals surface area contributed by atoms with Crippen LogP contribution in [0.3, 0.4) is 0 Å². The molecule has 0 unspecified atom stereocenters. The van der Waals surface area contributed by atoms with Gasteiger partial charge in [0.2, 0.25) is 0 Å². The molecule has 1 N–H and O–H groups in total. The third-order valence-corrected chi connectivity index (χ3v) is 3.60. The highest BCUT2D eigenvalue weighted by atomic mass is 35.5. The first-order valence-corrected chi connectivity index (χ1v) is 6.81. The number of nitrogens with one attached hydrogen (secondary N) is 1. The molecule has 0 saturated heterocycles. The molecule has 0 atom stereocenters. The van der Waals surface area contributed by atoms with Gasteiger partial charge in [-0.25, -0.2) is 0 Å². The molecule has 1 aromatic carbocycles. The minimum atomic E-state index is 0.688. The molecule has 18 heavy (non-hydrogen) atoms. The number of hydrogen-bond acceptors (Lipinski definition) is 3. The summed E-state index contributed by atoms with van der Waals surface area (Å²) >= 11 is 6.34. The highest BCUT2D eigenvalue weighted by Gasteiger charge is 2.27. The van der Waals surface area contributed by atoms with E-state index in [4.69, 9.17) is 16.3 Å². The van der Waals surface area contributed by atoms with Gasteiger partial charge >= 0.3 is 0 Å². The second kappa shape index (κ2) is 6.41. The first-order chi connectivity index (χ1) is 8.72. The number of hydrogen-bond donors (Lipinski definition) is 1. The number of benzene rings is 1. The van der Waals surface area contributed by atoms with Crippen molar-refractivity contribution >= 4 is 17.3 Å². The lowest BCUT2D eigenvalue weighted by atomic mass is 10.2. The Bertz CT molecular complexity index is 393. The van der Waals surface area contributed by atoms with E-state index in [0.717, 1.165) is 30.4 Å². The maximum absolute atomic E-state index is 6.34. The van der Waals surface area contributed by atoms with Gasteiger partial charge in [0.05, 0.1) is 17.3 Å². The normalized spacial score (nSPS) is 14.8. The molecule has 0 radical (unpaired) electrons. The number of ether oxygens (including phenoxy) is 1. The van der Waals surface area contributed by atoms with Gasteiger partial charge in [0.1, 0.15) is 0 Å². The maximum Gasteiger partial charge on any atom is 0.0642 e. The van der Waals surface area contributed by atoms with E-state index in [1.807, 2.05) is 0 Å². The van der Waals surface area contributed by atoms with E-state index < -0.39 is 0 Å². The van der Waals surface area contributed by atoms with Gasteiger partial charge in [0, 0.05) is 33.3 Å². The Hall–Kier alpha value is -0.770. The topological polar surface area (TPSA) is 24.5 Å². The number of halogens is 1. The number of nitrogens with zero attached hydrogens (tertiary/aromatic N) is 1. The Morgan fingerprint density at radius 2 is 2.22 bits per heavy atom. The zero-order valence-corrected chi connectivity index (χ0v) is 11.8. The van der Waals surface area contributed by atoms with Crippen LogP contribution in [-0.4, -0.2) is 33.4 Å². The molecule has 0 aliphatic heterocycles. The van der Waals surface area contributed by atoms with Crippen molar-refractivity contribution in [2.75, 3.05) is 32.2 Å². The largest absolute Gasteiger partial charge is 0.383 e. The van der Waals surface area contributed by atoms with Crippen LogP contribution in [0.1, 0.15) is 18.4 Å². The monoisotopic (exact) mass is 268 g/mol. The molecule has 0 spiro atoms. The lowest BCUT2D eigenvalue weighted by molar-refractivity contribution is 0.199. The van der Waals surface area contributed by atoms with Gasteiger partial charge < -0.3 is 15.0 Å². The van der Waals surface area contributed by atoms with E-state index in [2.05, 4.69) is 35.5 Å². The minimum Gasteiger partial charge on any atom is -0.383 e. The highest BCUT2D eigenvalue weighted by Crippen LogP contribution is 2.34. The predicted octanol–water partition coefficient (Wildman–Crippen LogP) is 2.67. The van der Waals surface area contributed by atoms with Crippen LogP contribution in [0.15, 0.2) is 18.2 Å². The Morgan fingerprint density at radius 1 is 1.44 bits per heavy atom. The summed E-state index contributed by atoms with van der Waals surface area (Å²) in [5.74, 6) is 0. The quantitative estimate of drug-likeness (QED) is 0.770. The summed E-state index contributed by atoms with van der Waals surface area (Å²) in [7, 11) is 3.83. The fraction of sp³-hybridized carbons (Fsp3) is 0.571. The zero-order chi connectivity index (χ0) is 13.0. The van der Waals surface area contributed by atoms with Crippen molar-refractivity contribution < 1.29 is 4.74 Å². The average molecular weight is 269 g/mol. The van der Waals surface area contributed by atoms with Crippen LogP contribution in [0.5, 0.6) is 0 Å². The van der Waals surface area contributed by atoms with Crippen molar-refractivity contribution in [2.24, 2.45) is 0 Å². The molecule has 1 aliphatic carbocycles. The Kier molecular flexibility index (Phi) is 4.87.